The SMILES string of the molecule is Cc1ccc(C(=O)N2CCCC(Cn3c(C)cnc3-c3cccnc3)C2)cn1. The monoisotopic (exact) mass is 375 g/mol. The molecule has 1 atom stereocenters. The summed E-state index contributed by atoms with van der Waals surface area (Å²) in [5.74, 6) is 1.42. The first kappa shape index (κ1) is 18.3. The molecule has 6 heteroatoms. The van der Waals surface area contributed by atoms with Crippen molar-refractivity contribution in [2.24, 2.45) is 5.92 Å². The summed E-state index contributed by atoms with van der Waals surface area (Å²) < 4.78 is 2.25. The van der Waals surface area contributed by atoms with Crippen molar-refractivity contribution in [2.45, 2.75) is 33.2 Å². The second-order valence-corrected chi connectivity index (χ2v) is 7.52. The third-order valence-corrected chi connectivity index (χ3v) is 5.38. The number of amides is 1. The molecular formula is C22H25N5O. The van der Waals surface area contributed by atoms with Gasteiger partial charge in [-0.05, 0) is 56.9 Å². The van der Waals surface area contributed by atoms with Crippen LogP contribution in [0.5, 0.6) is 0 Å². The first-order chi connectivity index (χ1) is 13.6. The molecule has 1 amide bonds. The van der Waals surface area contributed by atoms with Gasteiger partial charge < -0.3 is 9.47 Å². The van der Waals surface area contributed by atoms with Gasteiger partial charge in [0.2, 0.25) is 0 Å². The van der Waals surface area contributed by atoms with Gasteiger partial charge in [-0.25, -0.2) is 4.98 Å². The van der Waals surface area contributed by atoms with Crippen LogP contribution in [0.2, 0.25) is 0 Å². The number of aromatic nitrogens is 4. The van der Waals surface area contributed by atoms with Crippen molar-refractivity contribution < 1.29 is 4.79 Å². The second kappa shape index (κ2) is 7.92. The quantitative estimate of drug-likeness (QED) is 0.700. The van der Waals surface area contributed by atoms with E-state index in [0.717, 1.165) is 55.3 Å². The molecule has 1 aliphatic rings. The van der Waals surface area contributed by atoms with E-state index in [1.165, 1.54) is 0 Å². The summed E-state index contributed by atoms with van der Waals surface area (Å²) in [6.45, 7) is 6.43. The highest BCUT2D eigenvalue weighted by Gasteiger charge is 2.26. The maximum absolute atomic E-state index is 12.9. The van der Waals surface area contributed by atoms with E-state index in [9.17, 15) is 4.79 Å². The van der Waals surface area contributed by atoms with Crippen LogP contribution >= 0.6 is 0 Å². The molecule has 0 aliphatic carbocycles. The number of aryl methyl sites for hydroxylation is 2. The molecular weight excluding hydrogens is 350 g/mol. The molecule has 0 radical (unpaired) electrons. The highest BCUT2D eigenvalue weighted by atomic mass is 16.2. The Morgan fingerprint density at radius 2 is 2.04 bits per heavy atom. The predicted octanol–water partition coefficient (Wildman–Crippen LogP) is 3.51. The molecule has 0 aromatic carbocycles. The summed E-state index contributed by atoms with van der Waals surface area (Å²) in [5, 5.41) is 0. The fourth-order valence-electron chi connectivity index (χ4n) is 3.85. The number of imidazole rings is 1. The van der Waals surface area contributed by atoms with Crippen LogP contribution in [-0.4, -0.2) is 43.4 Å². The van der Waals surface area contributed by atoms with E-state index in [1.807, 2.05) is 48.5 Å². The van der Waals surface area contributed by atoms with Gasteiger partial charge in [0.15, 0.2) is 0 Å². The molecule has 6 nitrogen and oxygen atoms in total. The highest BCUT2D eigenvalue weighted by molar-refractivity contribution is 5.94. The van der Waals surface area contributed by atoms with Crippen molar-refractivity contribution in [2.75, 3.05) is 13.1 Å². The number of pyridine rings is 2. The molecule has 1 aliphatic heterocycles. The normalized spacial score (nSPS) is 16.9. The van der Waals surface area contributed by atoms with Gasteiger partial charge in [-0.3, -0.25) is 14.8 Å². The van der Waals surface area contributed by atoms with Gasteiger partial charge in [0.05, 0.1) is 5.56 Å². The Kier molecular flexibility index (Phi) is 5.19. The van der Waals surface area contributed by atoms with E-state index in [4.69, 9.17) is 0 Å². The average molecular weight is 375 g/mol. The van der Waals surface area contributed by atoms with Gasteiger partial charge in [-0.2, -0.15) is 0 Å². The number of rotatable bonds is 4. The number of carbonyl (C=O) groups excluding carboxylic acids is 1. The summed E-state index contributed by atoms with van der Waals surface area (Å²) >= 11 is 0. The fourth-order valence-corrected chi connectivity index (χ4v) is 3.85. The van der Waals surface area contributed by atoms with E-state index in [0.29, 0.717) is 11.5 Å². The molecule has 0 saturated carbocycles. The Bertz CT molecular complexity index is 949. The van der Waals surface area contributed by atoms with Crippen LogP contribution in [0.4, 0.5) is 0 Å². The molecule has 3 aromatic heterocycles. The summed E-state index contributed by atoms with van der Waals surface area (Å²) in [7, 11) is 0. The summed E-state index contributed by atoms with van der Waals surface area (Å²) in [5.41, 5.74) is 3.74. The van der Waals surface area contributed by atoms with Gasteiger partial charge in [-0.1, -0.05) is 0 Å². The molecule has 1 fully saturated rings. The highest BCUT2D eigenvalue weighted by Crippen LogP contribution is 2.25. The van der Waals surface area contributed by atoms with Crippen molar-refractivity contribution in [1.29, 1.82) is 0 Å². The molecule has 1 saturated heterocycles. The Hall–Kier alpha value is -3.02. The Labute approximate surface area is 165 Å². The zero-order chi connectivity index (χ0) is 19.5. The minimum absolute atomic E-state index is 0.0760. The van der Waals surface area contributed by atoms with E-state index >= 15 is 0 Å². The lowest BCUT2D eigenvalue weighted by atomic mass is 9.97. The van der Waals surface area contributed by atoms with Crippen molar-refractivity contribution in [3.8, 4) is 11.4 Å². The predicted molar refractivity (Wildman–Crippen MR) is 108 cm³/mol. The van der Waals surface area contributed by atoms with Gasteiger partial charge in [-0.15, -0.1) is 0 Å². The van der Waals surface area contributed by atoms with Crippen LogP contribution < -0.4 is 0 Å². The first-order valence-corrected chi connectivity index (χ1v) is 9.76. The van der Waals surface area contributed by atoms with Gasteiger partial charge in [0.25, 0.3) is 5.91 Å². The minimum Gasteiger partial charge on any atom is -0.338 e. The van der Waals surface area contributed by atoms with Gasteiger partial charge >= 0.3 is 0 Å². The molecule has 1 unspecified atom stereocenters. The largest absolute Gasteiger partial charge is 0.338 e. The maximum atomic E-state index is 12.9. The lowest BCUT2D eigenvalue weighted by Gasteiger charge is -2.33. The third kappa shape index (κ3) is 3.81. The molecule has 3 aromatic rings. The van der Waals surface area contributed by atoms with E-state index in [2.05, 4.69) is 26.4 Å². The Morgan fingerprint density at radius 1 is 1.14 bits per heavy atom. The zero-order valence-corrected chi connectivity index (χ0v) is 16.4. The number of nitrogens with zero attached hydrogens (tertiary/aromatic N) is 5. The van der Waals surface area contributed by atoms with Crippen LogP contribution in [-0.2, 0) is 6.54 Å². The van der Waals surface area contributed by atoms with Crippen LogP contribution in [0.3, 0.4) is 0 Å². The average Bonchev–Trinajstić information content (AvgIpc) is 3.09. The van der Waals surface area contributed by atoms with Crippen LogP contribution in [0.25, 0.3) is 11.4 Å². The Morgan fingerprint density at radius 3 is 2.79 bits per heavy atom. The first-order valence-electron chi connectivity index (χ1n) is 9.76. The van der Waals surface area contributed by atoms with E-state index < -0.39 is 0 Å². The smallest absolute Gasteiger partial charge is 0.255 e. The topological polar surface area (TPSA) is 63.9 Å². The van der Waals surface area contributed by atoms with Crippen molar-refractivity contribution in [1.82, 2.24) is 24.4 Å². The minimum atomic E-state index is 0.0760. The van der Waals surface area contributed by atoms with Gasteiger partial charge in [0.1, 0.15) is 5.82 Å². The summed E-state index contributed by atoms with van der Waals surface area (Å²) in [6, 6.07) is 7.73. The molecule has 0 spiro atoms. The molecule has 0 bridgehead atoms. The number of carbonyl (C=O) groups is 1. The molecule has 4 heterocycles. The molecule has 0 N–H and O–H groups in total. The second-order valence-electron chi connectivity index (χ2n) is 7.52. The lowest BCUT2D eigenvalue weighted by Crippen LogP contribution is -2.41. The van der Waals surface area contributed by atoms with E-state index in [-0.39, 0.29) is 5.91 Å². The molecule has 4 rings (SSSR count). The number of hydrogen-bond acceptors (Lipinski definition) is 4. The van der Waals surface area contributed by atoms with Crippen molar-refractivity contribution >= 4 is 5.91 Å². The van der Waals surface area contributed by atoms with Crippen molar-refractivity contribution in [3.05, 3.63) is 66.0 Å². The van der Waals surface area contributed by atoms with Crippen LogP contribution in [0.1, 0.15) is 34.6 Å². The molecule has 144 valence electrons. The van der Waals surface area contributed by atoms with Gasteiger partial charge in [0, 0.05) is 61.4 Å². The fraction of sp³-hybridized carbons (Fsp3) is 0.364. The maximum Gasteiger partial charge on any atom is 0.255 e. The number of likely N-dealkylation sites (tertiary alicyclic amines) is 1. The Balaban J connectivity index is 1.50. The van der Waals surface area contributed by atoms with Crippen molar-refractivity contribution in [3.63, 3.8) is 0 Å². The number of piperidine rings is 1. The van der Waals surface area contributed by atoms with Crippen LogP contribution in [0.15, 0.2) is 49.1 Å². The van der Waals surface area contributed by atoms with Crippen LogP contribution in [0, 0.1) is 19.8 Å². The number of hydrogen-bond donors (Lipinski definition) is 0. The van der Waals surface area contributed by atoms with E-state index in [1.54, 1.807) is 12.4 Å². The molecule has 28 heavy (non-hydrogen) atoms. The summed E-state index contributed by atoms with van der Waals surface area (Å²) in [4.78, 5) is 27.9. The standard InChI is InChI=1S/C22H25N5O/c1-16-7-8-20(13-24-16)22(28)26-10-4-5-18(14-26)15-27-17(2)11-25-21(27)19-6-3-9-23-12-19/h3,6-9,11-13,18H,4-5,10,14-15H2,1-2H3. The zero-order valence-electron chi connectivity index (χ0n) is 16.4. The third-order valence-electron chi connectivity index (χ3n) is 5.38. The lowest BCUT2D eigenvalue weighted by molar-refractivity contribution is 0.0662. The summed E-state index contributed by atoms with van der Waals surface area (Å²) in [6.07, 6.45) is 9.34.